The SMILES string of the molecule is Cc1nn(C2CCS(=O)(=O)C2)c(C)c1N1CCN(C(=O)c2ccc3nc[nH]c3c2)CC1. The number of aromatic amines is 1. The molecule has 0 aliphatic carbocycles. The second kappa shape index (κ2) is 7.37. The summed E-state index contributed by atoms with van der Waals surface area (Å²) in [4.78, 5) is 24.4. The summed E-state index contributed by atoms with van der Waals surface area (Å²) in [7, 11) is -2.97. The Labute approximate surface area is 181 Å². The summed E-state index contributed by atoms with van der Waals surface area (Å²) in [6, 6.07) is 5.45. The normalized spacial score (nSPS) is 21.2. The zero-order valence-corrected chi connectivity index (χ0v) is 18.5. The number of rotatable bonds is 3. The zero-order valence-electron chi connectivity index (χ0n) is 17.7. The third-order valence-electron chi connectivity index (χ3n) is 6.39. The Morgan fingerprint density at radius 3 is 2.65 bits per heavy atom. The van der Waals surface area contributed by atoms with E-state index in [1.165, 1.54) is 0 Å². The minimum atomic E-state index is -2.97. The molecule has 2 aliphatic rings. The number of H-pyrrole nitrogens is 1. The molecule has 1 amide bonds. The number of fused-ring (bicyclic) bond motifs is 1. The summed E-state index contributed by atoms with van der Waals surface area (Å²) in [6.07, 6.45) is 2.25. The quantitative estimate of drug-likeness (QED) is 0.662. The molecule has 3 aromatic rings. The Hall–Kier alpha value is -2.88. The van der Waals surface area contributed by atoms with E-state index in [1.807, 2.05) is 41.6 Å². The van der Waals surface area contributed by atoms with Crippen LogP contribution in [0.5, 0.6) is 0 Å². The van der Waals surface area contributed by atoms with Crippen molar-refractivity contribution in [3.05, 3.63) is 41.5 Å². The van der Waals surface area contributed by atoms with Crippen molar-refractivity contribution in [2.75, 3.05) is 42.6 Å². The van der Waals surface area contributed by atoms with Gasteiger partial charge in [0.25, 0.3) is 5.91 Å². The Bertz CT molecular complexity index is 1250. The number of hydrogen-bond acceptors (Lipinski definition) is 6. The lowest BCUT2D eigenvalue weighted by Crippen LogP contribution is -2.49. The average molecular weight is 443 g/mol. The molecule has 4 heterocycles. The van der Waals surface area contributed by atoms with Crippen molar-refractivity contribution in [2.24, 2.45) is 0 Å². The minimum Gasteiger partial charge on any atom is -0.365 e. The molecule has 2 saturated heterocycles. The van der Waals surface area contributed by atoms with E-state index in [-0.39, 0.29) is 23.5 Å². The van der Waals surface area contributed by atoms with Crippen molar-refractivity contribution < 1.29 is 13.2 Å². The number of carbonyl (C=O) groups excluding carboxylic acids is 1. The Balaban J connectivity index is 1.30. The van der Waals surface area contributed by atoms with Crippen LogP contribution in [0, 0.1) is 13.8 Å². The van der Waals surface area contributed by atoms with Crippen LogP contribution in [0.4, 0.5) is 5.69 Å². The van der Waals surface area contributed by atoms with E-state index in [9.17, 15) is 13.2 Å². The van der Waals surface area contributed by atoms with Gasteiger partial charge in [0.2, 0.25) is 0 Å². The van der Waals surface area contributed by atoms with E-state index in [0.29, 0.717) is 38.2 Å². The molecule has 2 aliphatic heterocycles. The smallest absolute Gasteiger partial charge is 0.254 e. The first kappa shape index (κ1) is 20.0. The van der Waals surface area contributed by atoms with Gasteiger partial charge >= 0.3 is 0 Å². The molecule has 0 spiro atoms. The minimum absolute atomic E-state index is 0.0245. The van der Waals surface area contributed by atoms with Crippen molar-refractivity contribution in [1.82, 2.24) is 24.6 Å². The highest BCUT2D eigenvalue weighted by molar-refractivity contribution is 7.91. The molecule has 164 valence electrons. The molecule has 2 aromatic heterocycles. The number of hydrogen-bond donors (Lipinski definition) is 1. The Kier molecular flexibility index (Phi) is 4.76. The third kappa shape index (κ3) is 3.58. The van der Waals surface area contributed by atoms with Crippen LogP contribution in [0.25, 0.3) is 11.0 Å². The van der Waals surface area contributed by atoms with Gasteiger partial charge in [0.1, 0.15) is 0 Å². The lowest BCUT2D eigenvalue weighted by Gasteiger charge is -2.36. The van der Waals surface area contributed by atoms with Crippen LogP contribution in [-0.4, -0.2) is 76.7 Å². The van der Waals surface area contributed by atoms with Crippen LogP contribution >= 0.6 is 0 Å². The van der Waals surface area contributed by atoms with Crippen molar-refractivity contribution in [3.8, 4) is 0 Å². The average Bonchev–Trinajstić information content (AvgIpc) is 3.44. The lowest BCUT2D eigenvalue weighted by molar-refractivity contribution is 0.0747. The molecular weight excluding hydrogens is 416 g/mol. The van der Waals surface area contributed by atoms with E-state index in [1.54, 1.807) is 6.33 Å². The van der Waals surface area contributed by atoms with Gasteiger partial charge in [-0.05, 0) is 38.5 Å². The number of sulfone groups is 1. The molecule has 0 bridgehead atoms. The number of anilines is 1. The maximum Gasteiger partial charge on any atom is 0.254 e. The summed E-state index contributed by atoms with van der Waals surface area (Å²) in [5, 5.41) is 4.68. The van der Waals surface area contributed by atoms with Gasteiger partial charge in [-0.1, -0.05) is 0 Å². The van der Waals surface area contributed by atoms with Gasteiger partial charge in [0.05, 0.1) is 52.0 Å². The third-order valence-corrected chi connectivity index (χ3v) is 8.14. The van der Waals surface area contributed by atoms with Crippen LogP contribution in [0.2, 0.25) is 0 Å². The summed E-state index contributed by atoms with van der Waals surface area (Å²) < 4.78 is 25.7. The molecule has 1 N–H and O–H groups in total. The first-order chi connectivity index (χ1) is 14.8. The number of aromatic nitrogens is 4. The number of carbonyl (C=O) groups is 1. The van der Waals surface area contributed by atoms with Gasteiger partial charge in [-0.25, -0.2) is 13.4 Å². The molecule has 1 atom stereocenters. The summed E-state index contributed by atoms with van der Waals surface area (Å²) in [5.41, 5.74) is 5.34. The molecular formula is C21H26N6O3S. The standard InChI is InChI=1S/C21H26N6O3S/c1-14-20(15(2)27(24-14)17-5-10-31(29,30)12-17)25-6-8-26(9-7-25)21(28)16-3-4-18-19(11-16)23-13-22-18/h3-4,11,13,17H,5-10,12H2,1-2H3,(H,22,23). The van der Waals surface area contributed by atoms with Gasteiger partial charge in [-0.2, -0.15) is 5.10 Å². The molecule has 9 nitrogen and oxygen atoms in total. The van der Waals surface area contributed by atoms with Crippen molar-refractivity contribution >= 4 is 32.5 Å². The second-order valence-electron chi connectivity index (χ2n) is 8.43. The molecule has 1 aromatic carbocycles. The Morgan fingerprint density at radius 2 is 1.94 bits per heavy atom. The molecule has 31 heavy (non-hydrogen) atoms. The topological polar surface area (TPSA) is 104 Å². The van der Waals surface area contributed by atoms with Gasteiger partial charge in [0, 0.05) is 31.7 Å². The molecule has 2 fully saturated rings. The van der Waals surface area contributed by atoms with Crippen LogP contribution in [0.3, 0.4) is 0 Å². The van der Waals surface area contributed by atoms with E-state index in [2.05, 4.69) is 20.0 Å². The summed E-state index contributed by atoms with van der Waals surface area (Å²) in [6.45, 7) is 6.67. The highest BCUT2D eigenvalue weighted by atomic mass is 32.2. The van der Waals surface area contributed by atoms with Crippen LogP contribution in [-0.2, 0) is 9.84 Å². The Morgan fingerprint density at radius 1 is 1.16 bits per heavy atom. The van der Waals surface area contributed by atoms with Crippen molar-refractivity contribution in [3.63, 3.8) is 0 Å². The van der Waals surface area contributed by atoms with Gasteiger partial charge in [-0.3, -0.25) is 9.48 Å². The number of piperazine rings is 1. The maximum absolute atomic E-state index is 13.0. The van der Waals surface area contributed by atoms with Crippen LogP contribution in [0.1, 0.15) is 34.2 Å². The van der Waals surface area contributed by atoms with E-state index >= 15 is 0 Å². The van der Waals surface area contributed by atoms with Crippen molar-refractivity contribution in [2.45, 2.75) is 26.3 Å². The fraction of sp³-hybridized carbons (Fsp3) is 0.476. The molecule has 0 saturated carbocycles. The van der Waals surface area contributed by atoms with E-state index < -0.39 is 9.84 Å². The first-order valence-corrected chi connectivity index (χ1v) is 12.4. The predicted molar refractivity (Wildman–Crippen MR) is 118 cm³/mol. The highest BCUT2D eigenvalue weighted by Gasteiger charge is 2.33. The van der Waals surface area contributed by atoms with Crippen LogP contribution in [0.15, 0.2) is 24.5 Å². The van der Waals surface area contributed by atoms with Gasteiger partial charge < -0.3 is 14.8 Å². The summed E-state index contributed by atoms with van der Waals surface area (Å²) >= 11 is 0. The molecule has 1 unspecified atom stereocenters. The zero-order chi connectivity index (χ0) is 21.8. The number of nitrogens with one attached hydrogen (secondary N) is 1. The number of aryl methyl sites for hydroxylation is 1. The number of amides is 1. The van der Waals surface area contributed by atoms with Gasteiger partial charge in [-0.15, -0.1) is 0 Å². The second-order valence-corrected chi connectivity index (χ2v) is 10.7. The predicted octanol–water partition coefficient (Wildman–Crippen LogP) is 1.70. The first-order valence-electron chi connectivity index (χ1n) is 10.6. The van der Waals surface area contributed by atoms with Crippen LogP contribution < -0.4 is 4.90 Å². The fourth-order valence-electron chi connectivity index (χ4n) is 4.82. The van der Waals surface area contributed by atoms with Crippen molar-refractivity contribution in [1.29, 1.82) is 0 Å². The highest BCUT2D eigenvalue weighted by Crippen LogP contribution is 2.31. The van der Waals surface area contributed by atoms with E-state index in [0.717, 1.165) is 28.1 Å². The monoisotopic (exact) mass is 442 g/mol. The number of imidazole rings is 1. The number of benzene rings is 1. The van der Waals surface area contributed by atoms with E-state index in [4.69, 9.17) is 0 Å². The molecule has 10 heteroatoms. The maximum atomic E-state index is 13.0. The fourth-order valence-corrected chi connectivity index (χ4v) is 6.51. The van der Waals surface area contributed by atoms with Gasteiger partial charge in [0.15, 0.2) is 9.84 Å². The number of nitrogens with zero attached hydrogens (tertiary/aromatic N) is 5. The lowest BCUT2D eigenvalue weighted by atomic mass is 10.1. The summed E-state index contributed by atoms with van der Waals surface area (Å²) in [5.74, 6) is 0.421. The largest absolute Gasteiger partial charge is 0.365 e. The molecule has 5 rings (SSSR count). The molecule has 0 radical (unpaired) electrons.